The number of ether oxygens (including phenoxy) is 3. The highest BCUT2D eigenvalue weighted by molar-refractivity contribution is 5.99. The predicted octanol–water partition coefficient (Wildman–Crippen LogP) is 4.60. The number of rotatable bonds is 8. The zero-order chi connectivity index (χ0) is 21.5. The molecule has 0 aliphatic heterocycles. The molecule has 154 valence electrons. The molecule has 0 spiro atoms. The summed E-state index contributed by atoms with van der Waals surface area (Å²) in [7, 11) is 1.48. The molecular weight excluding hydrogens is 382 g/mol. The number of hydrogen-bond donors (Lipinski definition) is 1. The van der Waals surface area contributed by atoms with Crippen LogP contribution in [0.2, 0.25) is 0 Å². The van der Waals surface area contributed by atoms with Crippen molar-refractivity contribution in [2.75, 3.05) is 19.0 Å². The van der Waals surface area contributed by atoms with E-state index in [9.17, 15) is 9.59 Å². The Morgan fingerprint density at radius 3 is 2.53 bits per heavy atom. The molecular formula is C24H23NO5. The standard InChI is InChI=1S/C24H23NO5/c1-4-13-29-21-12-10-19(15-22(21)28-3)24(27)30-16(2)23(26)25-20-11-9-17-7-5-6-8-18(17)14-20/h4-12,14-16H,1,13H2,2-3H3,(H,25,26). The van der Waals surface area contributed by atoms with E-state index < -0.39 is 18.0 Å². The molecule has 6 heteroatoms. The molecule has 0 heterocycles. The van der Waals surface area contributed by atoms with Crippen LogP contribution in [0.15, 0.2) is 73.3 Å². The van der Waals surface area contributed by atoms with Crippen molar-refractivity contribution < 1.29 is 23.8 Å². The van der Waals surface area contributed by atoms with E-state index in [-0.39, 0.29) is 5.56 Å². The maximum absolute atomic E-state index is 12.5. The van der Waals surface area contributed by atoms with Gasteiger partial charge in [-0.25, -0.2) is 4.79 Å². The van der Waals surface area contributed by atoms with Crippen LogP contribution in [0.25, 0.3) is 10.8 Å². The number of methoxy groups -OCH3 is 1. The fourth-order valence-corrected chi connectivity index (χ4v) is 2.86. The highest BCUT2D eigenvalue weighted by atomic mass is 16.5. The summed E-state index contributed by atoms with van der Waals surface area (Å²) >= 11 is 0. The Hall–Kier alpha value is -3.80. The van der Waals surface area contributed by atoms with Crippen molar-refractivity contribution in [2.24, 2.45) is 0 Å². The van der Waals surface area contributed by atoms with Gasteiger partial charge in [0.15, 0.2) is 17.6 Å². The lowest BCUT2D eigenvalue weighted by Gasteiger charge is -2.15. The van der Waals surface area contributed by atoms with Gasteiger partial charge in [0.25, 0.3) is 5.91 Å². The van der Waals surface area contributed by atoms with Gasteiger partial charge in [0.2, 0.25) is 0 Å². The summed E-state index contributed by atoms with van der Waals surface area (Å²) in [5.41, 5.74) is 0.884. The van der Waals surface area contributed by atoms with Crippen LogP contribution >= 0.6 is 0 Å². The van der Waals surface area contributed by atoms with Crippen LogP contribution in [0.3, 0.4) is 0 Å². The van der Waals surface area contributed by atoms with Crippen LogP contribution in [0, 0.1) is 0 Å². The smallest absolute Gasteiger partial charge is 0.339 e. The van der Waals surface area contributed by atoms with Crippen LogP contribution in [0.5, 0.6) is 11.5 Å². The number of benzene rings is 3. The number of fused-ring (bicyclic) bond motifs is 1. The highest BCUT2D eigenvalue weighted by Gasteiger charge is 2.20. The van der Waals surface area contributed by atoms with Crippen molar-refractivity contribution in [1.82, 2.24) is 0 Å². The maximum atomic E-state index is 12.5. The first-order valence-corrected chi connectivity index (χ1v) is 9.44. The lowest BCUT2D eigenvalue weighted by molar-refractivity contribution is -0.123. The van der Waals surface area contributed by atoms with Gasteiger partial charge in [0.05, 0.1) is 12.7 Å². The van der Waals surface area contributed by atoms with Crippen LogP contribution in [0.4, 0.5) is 5.69 Å². The Morgan fingerprint density at radius 2 is 1.80 bits per heavy atom. The number of anilines is 1. The minimum atomic E-state index is -0.980. The lowest BCUT2D eigenvalue weighted by atomic mass is 10.1. The van der Waals surface area contributed by atoms with Gasteiger partial charge in [-0.05, 0) is 48.0 Å². The topological polar surface area (TPSA) is 73.9 Å². The number of hydrogen-bond acceptors (Lipinski definition) is 5. The van der Waals surface area contributed by atoms with Crippen LogP contribution in [-0.2, 0) is 9.53 Å². The Morgan fingerprint density at radius 1 is 1.03 bits per heavy atom. The molecule has 1 unspecified atom stereocenters. The minimum Gasteiger partial charge on any atom is -0.493 e. The summed E-state index contributed by atoms with van der Waals surface area (Å²) in [6.07, 6.45) is 0.629. The highest BCUT2D eigenvalue weighted by Crippen LogP contribution is 2.28. The third-order valence-corrected chi connectivity index (χ3v) is 4.43. The molecule has 1 atom stereocenters. The van der Waals surface area contributed by atoms with Crippen LogP contribution < -0.4 is 14.8 Å². The quantitative estimate of drug-likeness (QED) is 0.438. The monoisotopic (exact) mass is 405 g/mol. The minimum absolute atomic E-state index is 0.253. The zero-order valence-electron chi connectivity index (χ0n) is 16.9. The normalized spacial score (nSPS) is 11.4. The first-order valence-electron chi connectivity index (χ1n) is 9.44. The molecule has 0 saturated carbocycles. The Kier molecular flexibility index (Phi) is 6.70. The first kappa shape index (κ1) is 20.9. The fraction of sp³-hybridized carbons (Fsp3) is 0.167. The Bertz CT molecular complexity index is 1080. The van der Waals surface area contributed by atoms with E-state index >= 15 is 0 Å². The summed E-state index contributed by atoms with van der Waals surface area (Å²) in [4.78, 5) is 24.9. The average Bonchev–Trinajstić information content (AvgIpc) is 2.77. The van der Waals surface area contributed by atoms with Gasteiger partial charge >= 0.3 is 5.97 Å². The van der Waals surface area contributed by atoms with Gasteiger partial charge < -0.3 is 19.5 Å². The fourth-order valence-electron chi connectivity index (χ4n) is 2.86. The molecule has 0 aromatic heterocycles. The van der Waals surface area contributed by atoms with Gasteiger partial charge in [-0.1, -0.05) is 43.0 Å². The third kappa shape index (κ3) is 4.97. The predicted molar refractivity (Wildman–Crippen MR) is 116 cm³/mol. The first-order chi connectivity index (χ1) is 14.5. The van der Waals surface area contributed by atoms with Gasteiger partial charge in [0.1, 0.15) is 6.61 Å². The molecule has 30 heavy (non-hydrogen) atoms. The number of amides is 1. The van der Waals surface area contributed by atoms with Crippen LogP contribution in [0.1, 0.15) is 17.3 Å². The molecule has 0 saturated heterocycles. The second-order valence-corrected chi connectivity index (χ2v) is 6.56. The van der Waals surface area contributed by atoms with E-state index in [4.69, 9.17) is 14.2 Å². The van der Waals surface area contributed by atoms with Crippen molar-refractivity contribution in [1.29, 1.82) is 0 Å². The third-order valence-electron chi connectivity index (χ3n) is 4.43. The second-order valence-electron chi connectivity index (χ2n) is 6.56. The van der Waals surface area contributed by atoms with Crippen LogP contribution in [-0.4, -0.2) is 31.7 Å². The zero-order valence-corrected chi connectivity index (χ0v) is 16.9. The van der Waals surface area contributed by atoms with E-state index in [0.29, 0.717) is 23.8 Å². The van der Waals surface area contributed by atoms with E-state index in [2.05, 4.69) is 11.9 Å². The summed E-state index contributed by atoms with van der Waals surface area (Å²) in [5, 5.41) is 4.85. The molecule has 0 bridgehead atoms. The summed E-state index contributed by atoms with van der Waals surface area (Å²) < 4.78 is 16.0. The van der Waals surface area contributed by atoms with E-state index in [0.717, 1.165) is 10.8 Å². The number of carbonyl (C=O) groups excluding carboxylic acids is 2. The lowest BCUT2D eigenvalue weighted by Crippen LogP contribution is -2.30. The van der Waals surface area contributed by atoms with E-state index in [1.807, 2.05) is 42.5 Å². The molecule has 3 aromatic rings. The van der Waals surface area contributed by atoms with E-state index in [1.165, 1.54) is 20.1 Å². The van der Waals surface area contributed by atoms with Gasteiger partial charge in [-0.3, -0.25) is 4.79 Å². The van der Waals surface area contributed by atoms with Crippen molar-refractivity contribution >= 4 is 28.3 Å². The Balaban J connectivity index is 1.65. The Labute approximate surface area is 175 Å². The average molecular weight is 405 g/mol. The van der Waals surface area contributed by atoms with Crippen molar-refractivity contribution in [3.05, 3.63) is 78.9 Å². The molecule has 3 rings (SSSR count). The largest absolute Gasteiger partial charge is 0.493 e. The number of esters is 1. The maximum Gasteiger partial charge on any atom is 0.339 e. The molecule has 1 amide bonds. The SMILES string of the molecule is C=CCOc1ccc(C(=O)OC(C)C(=O)Nc2ccc3ccccc3c2)cc1OC. The molecule has 1 N–H and O–H groups in total. The van der Waals surface area contributed by atoms with Crippen molar-refractivity contribution in [2.45, 2.75) is 13.0 Å². The summed E-state index contributed by atoms with van der Waals surface area (Å²) in [6.45, 7) is 5.43. The van der Waals surface area contributed by atoms with Gasteiger partial charge in [-0.15, -0.1) is 0 Å². The second kappa shape index (κ2) is 9.60. The molecule has 0 fully saturated rings. The molecule has 0 aliphatic carbocycles. The summed E-state index contributed by atoms with van der Waals surface area (Å²) in [5.74, 6) is -0.183. The van der Waals surface area contributed by atoms with E-state index in [1.54, 1.807) is 18.2 Å². The van der Waals surface area contributed by atoms with Crippen molar-refractivity contribution in [3.63, 3.8) is 0 Å². The molecule has 6 nitrogen and oxygen atoms in total. The summed E-state index contributed by atoms with van der Waals surface area (Å²) in [6, 6.07) is 18.1. The van der Waals surface area contributed by atoms with Gasteiger partial charge in [0, 0.05) is 5.69 Å². The molecule has 0 aliphatic rings. The molecule has 0 radical (unpaired) electrons. The van der Waals surface area contributed by atoms with Crippen molar-refractivity contribution in [3.8, 4) is 11.5 Å². The molecule has 3 aromatic carbocycles. The number of carbonyl (C=O) groups is 2. The number of nitrogens with one attached hydrogen (secondary N) is 1. The van der Waals surface area contributed by atoms with Gasteiger partial charge in [-0.2, -0.15) is 0 Å².